The molecule has 0 saturated carbocycles. The summed E-state index contributed by atoms with van der Waals surface area (Å²) in [6, 6.07) is 16.6. The van der Waals surface area contributed by atoms with Crippen molar-refractivity contribution in [3.05, 3.63) is 100 Å². The number of ether oxygens (including phenoxy) is 1. The van der Waals surface area contributed by atoms with Gasteiger partial charge in [-0.3, -0.25) is 0 Å². The Morgan fingerprint density at radius 2 is 1.54 bits per heavy atom. The molecule has 0 aliphatic rings. The van der Waals surface area contributed by atoms with Crippen LogP contribution in [0.5, 0.6) is 5.75 Å². The van der Waals surface area contributed by atoms with Gasteiger partial charge in [-0.15, -0.1) is 0 Å². The lowest BCUT2D eigenvalue weighted by molar-refractivity contribution is 0.203. The molecule has 0 bridgehead atoms. The highest BCUT2D eigenvalue weighted by Gasteiger charge is 2.23. The van der Waals surface area contributed by atoms with Gasteiger partial charge in [-0.1, -0.05) is 48.5 Å². The Morgan fingerprint density at radius 1 is 0.885 bits per heavy atom. The van der Waals surface area contributed by atoms with E-state index in [-0.39, 0.29) is 17.7 Å². The fraction of sp³-hybridized carbons (Fsp3) is 0.143. The summed E-state index contributed by atoms with van der Waals surface area (Å²) in [5.41, 5.74) is 0.387. The number of halogens is 3. The van der Waals surface area contributed by atoms with Gasteiger partial charge in [0.2, 0.25) is 0 Å². The first-order valence-electron chi connectivity index (χ1n) is 8.06. The van der Waals surface area contributed by atoms with Crippen molar-refractivity contribution in [2.24, 2.45) is 0 Å². The quantitative estimate of drug-likeness (QED) is 0.645. The van der Waals surface area contributed by atoms with E-state index in [4.69, 9.17) is 4.74 Å². The summed E-state index contributed by atoms with van der Waals surface area (Å²) in [6.45, 7) is 1.38. The minimum atomic E-state index is -1.49. The molecule has 26 heavy (non-hydrogen) atoms. The van der Waals surface area contributed by atoms with Crippen LogP contribution >= 0.6 is 0 Å². The van der Waals surface area contributed by atoms with E-state index in [0.717, 1.165) is 12.5 Å². The highest BCUT2D eigenvalue weighted by atomic mass is 19.2. The second-order valence-corrected chi connectivity index (χ2v) is 5.92. The van der Waals surface area contributed by atoms with Crippen molar-refractivity contribution in [1.82, 2.24) is 0 Å². The summed E-state index contributed by atoms with van der Waals surface area (Å²) >= 11 is 0. The Balaban J connectivity index is 1.92. The van der Waals surface area contributed by atoms with E-state index in [1.165, 1.54) is 0 Å². The van der Waals surface area contributed by atoms with Crippen molar-refractivity contribution >= 4 is 0 Å². The first-order valence-corrected chi connectivity index (χ1v) is 8.06. The molecule has 0 saturated heterocycles. The first-order chi connectivity index (χ1) is 12.5. The van der Waals surface area contributed by atoms with Crippen molar-refractivity contribution in [2.75, 3.05) is 0 Å². The second-order valence-electron chi connectivity index (χ2n) is 5.92. The molecule has 0 aliphatic heterocycles. The molecular formula is C21H17F3O2. The predicted octanol–water partition coefficient (Wildman–Crippen LogP) is 5.07. The maximum atomic E-state index is 14.4. The van der Waals surface area contributed by atoms with Crippen molar-refractivity contribution in [3.63, 3.8) is 0 Å². The average Bonchev–Trinajstić information content (AvgIpc) is 2.68. The van der Waals surface area contributed by atoms with Crippen LogP contribution in [-0.4, -0.2) is 5.11 Å². The number of hydrogen-bond acceptors (Lipinski definition) is 2. The molecule has 3 aromatic rings. The van der Waals surface area contributed by atoms with Crippen LogP contribution in [0.15, 0.2) is 60.7 Å². The molecule has 3 rings (SSSR count). The largest absolute Gasteiger partial charge is 0.489 e. The Morgan fingerprint density at radius 3 is 2.27 bits per heavy atom. The van der Waals surface area contributed by atoms with Crippen molar-refractivity contribution in [1.29, 1.82) is 0 Å². The molecular weight excluding hydrogens is 341 g/mol. The third-order valence-electron chi connectivity index (χ3n) is 4.15. The lowest BCUT2D eigenvalue weighted by Gasteiger charge is -2.18. The van der Waals surface area contributed by atoms with E-state index in [0.29, 0.717) is 11.8 Å². The van der Waals surface area contributed by atoms with Crippen LogP contribution in [0.4, 0.5) is 13.2 Å². The van der Waals surface area contributed by atoms with Crippen molar-refractivity contribution in [3.8, 4) is 5.75 Å². The van der Waals surface area contributed by atoms with Crippen LogP contribution < -0.4 is 4.74 Å². The first kappa shape index (κ1) is 18.0. The average molecular weight is 358 g/mol. The predicted molar refractivity (Wildman–Crippen MR) is 92.3 cm³/mol. The molecule has 0 heterocycles. The molecule has 134 valence electrons. The van der Waals surface area contributed by atoms with E-state index in [1.807, 2.05) is 30.3 Å². The van der Waals surface area contributed by atoms with Gasteiger partial charge in [0.05, 0.1) is 0 Å². The van der Waals surface area contributed by atoms with E-state index >= 15 is 0 Å². The van der Waals surface area contributed by atoms with Gasteiger partial charge in [0, 0.05) is 16.7 Å². The summed E-state index contributed by atoms with van der Waals surface area (Å²) in [6.07, 6.45) is -1.49. The molecule has 2 nitrogen and oxygen atoms in total. The third-order valence-corrected chi connectivity index (χ3v) is 4.15. The summed E-state index contributed by atoms with van der Waals surface area (Å²) in [5.74, 6) is -3.10. The van der Waals surface area contributed by atoms with E-state index in [2.05, 4.69) is 0 Å². The van der Waals surface area contributed by atoms with Gasteiger partial charge in [0.15, 0.2) is 11.6 Å². The van der Waals surface area contributed by atoms with Crippen LogP contribution in [0.2, 0.25) is 0 Å². The molecule has 0 radical (unpaired) electrons. The standard InChI is InChI=1S/C21H17F3O2/c1-13-19(23)16(11-17(22)20(13)24)21(25)15-9-5-6-10-18(15)26-12-14-7-3-2-4-8-14/h2-11,21,25H,12H2,1H3. The van der Waals surface area contributed by atoms with Gasteiger partial charge in [-0.25, -0.2) is 13.2 Å². The van der Waals surface area contributed by atoms with Gasteiger partial charge in [-0.05, 0) is 24.6 Å². The molecule has 0 amide bonds. The molecule has 0 spiro atoms. The maximum Gasteiger partial charge on any atom is 0.164 e. The van der Waals surface area contributed by atoms with Crippen molar-refractivity contribution in [2.45, 2.75) is 19.6 Å². The minimum Gasteiger partial charge on any atom is -0.489 e. The molecule has 5 heteroatoms. The van der Waals surface area contributed by atoms with E-state index in [1.54, 1.807) is 24.3 Å². The monoisotopic (exact) mass is 358 g/mol. The van der Waals surface area contributed by atoms with Gasteiger partial charge in [-0.2, -0.15) is 0 Å². The Labute approximate surface area is 149 Å². The number of aliphatic hydroxyl groups is 1. The van der Waals surface area contributed by atoms with Crippen LogP contribution in [-0.2, 0) is 6.61 Å². The number of rotatable bonds is 5. The zero-order valence-corrected chi connectivity index (χ0v) is 14.0. The van der Waals surface area contributed by atoms with E-state index in [9.17, 15) is 18.3 Å². The second kappa shape index (κ2) is 7.62. The molecule has 0 aliphatic carbocycles. The van der Waals surface area contributed by atoms with E-state index < -0.39 is 29.1 Å². The molecule has 1 unspecified atom stereocenters. The number of hydrogen-bond donors (Lipinski definition) is 1. The summed E-state index contributed by atoms with van der Waals surface area (Å²) in [5, 5.41) is 10.6. The van der Waals surface area contributed by atoms with Gasteiger partial charge < -0.3 is 9.84 Å². The highest BCUT2D eigenvalue weighted by molar-refractivity contribution is 5.42. The van der Waals surface area contributed by atoms with Crippen molar-refractivity contribution < 1.29 is 23.0 Å². The van der Waals surface area contributed by atoms with Crippen LogP contribution in [0.25, 0.3) is 0 Å². The van der Waals surface area contributed by atoms with Gasteiger partial charge in [0.25, 0.3) is 0 Å². The molecule has 3 aromatic carbocycles. The molecule has 1 atom stereocenters. The smallest absolute Gasteiger partial charge is 0.164 e. The number of aliphatic hydroxyl groups excluding tert-OH is 1. The zero-order valence-electron chi connectivity index (χ0n) is 14.0. The topological polar surface area (TPSA) is 29.5 Å². The van der Waals surface area contributed by atoms with Crippen LogP contribution in [0, 0.1) is 24.4 Å². The van der Waals surface area contributed by atoms with Crippen LogP contribution in [0.1, 0.15) is 28.4 Å². The number of para-hydroxylation sites is 1. The molecule has 1 N–H and O–H groups in total. The SMILES string of the molecule is Cc1c(F)c(F)cc(C(O)c2ccccc2OCc2ccccc2)c1F. The number of benzene rings is 3. The van der Waals surface area contributed by atoms with Gasteiger partial charge >= 0.3 is 0 Å². The Kier molecular flexibility index (Phi) is 5.28. The fourth-order valence-corrected chi connectivity index (χ4v) is 2.69. The van der Waals surface area contributed by atoms with Crippen LogP contribution in [0.3, 0.4) is 0 Å². The maximum absolute atomic E-state index is 14.4. The lowest BCUT2D eigenvalue weighted by atomic mass is 9.98. The summed E-state index contributed by atoms with van der Waals surface area (Å²) in [4.78, 5) is 0. The normalized spacial score (nSPS) is 12.0. The molecule has 0 aromatic heterocycles. The third kappa shape index (κ3) is 3.58. The van der Waals surface area contributed by atoms with Gasteiger partial charge in [0.1, 0.15) is 24.3 Å². The Bertz CT molecular complexity index is 911. The summed E-state index contributed by atoms with van der Waals surface area (Å²) in [7, 11) is 0. The molecule has 0 fully saturated rings. The lowest BCUT2D eigenvalue weighted by Crippen LogP contribution is -2.09. The minimum absolute atomic E-state index is 0.254. The summed E-state index contributed by atoms with van der Waals surface area (Å²) < 4.78 is 47.3. The zero-order chi connectivity index (χ0) is 18.7. The Hall–Kier alpha value is -2.79. The highest BCUT2D eigenvalue weighted by Crippen LogP contribution is 2.33. The fourth-order valence-electron chi connectivity index (χ4n) is 2.69.